The molecule has 0 aliphatic rings. The molecule has 6 aromatic rings. The monoisotopic (exact) mass is 439 g/mol. The summed E-state index contributed by atoms with van der Waals surface area (Å²) in [6, 6.07) is 36.1. The van der Waals surface area contributed by atoms with Crippen molar-refractivity contribution in [3.05, 3.63) is 115 Å². The minimum Gasteiger partial charge on any atom is -0.455 e. The number of benzene rings is 4. The maximum Gasteiger partial charge on any atom is 0.142 e. The average molecular weight is 440 g/mol. The lowest BCUT2D eigenvalue weighted by Gasteiger charge is -2.11. The third-order valence-corrected chi connectivity index (χ3v) is 6.49. The molecule has 2 heterocycles. The molecule has 6 rings (SSSR count). The number of nitrogens with zero attached hydrogens (tertiary/aromatic N) is 1. The van der Waals surface area contributed by atoms with Crippen molar-refractivity contribution in [1.29, 1.82) is 0 Å². The van der Waals surface area contributed by atoms with Gasteiger partial charge in [0.1, 0.15) is 11.3 Å². The molecule has 0 bridgehead atoms. The van der Waals surface area contributed by atoms with E-state index in [4.69, 9.17) is 9.40 Å². The molecular weight excluding hydrogens is 414 g/mol. The van der Waals surface area contributed by atoms with E-state index < -0.39 is 0 Å². The molecule has 4 aromatic carbocycles. The smallest absolute Gasteiger partial charge is 0.142 e. The van der Waals surface area contributed by atoms with Crippen molar-refractivity contribution < 1.29 is 4.42 Å². The van der Waals surface area contributed by atoms with E-state index in [1.807, 2.05) is 30.5 Å². The van der Waals surface area contributed by atoms with Crippen LogP contribution in [0.15, 0.2) is 114 Å². The molecule has 0 saturated carbocycles. The molecule has 2 nitrogen and oxygen atoms in total. The summed E-state index contributed by atoms with van der Waals surface area (Å²) in [5.41, 5.74) is 7.61. The van der Waals surface area contributed by atoms with Crippen molar-refractivity contribution in [3.8, 4) is 33.7 Å². The predicted octanol–water partition coefficient (Wildman–Crippen LogP) is 9.11. The van der Waals surface area contributed by atoms with Crippen LogP contribution in [-0.2, 0) is 0 Å². The fraction of sp³-hybridized carbons (Fsp3) is 0.0938. The summed E-state index contributed by atoms with van der Waals surface area (Å²) in [6.07, 6.45) is 1.92. The first-order valence-electron chi connectivity index (χ1n) is 11.7. The molecule has 0 saturated heterocycles. The highest BCUT2D eigenvalue weighted by molar-refractivity contribution is 6.02. The standard InChI is InChI=1S/C32H25NO/c1-21(2)24-13-14-28-25(17-24)15-16-33-31(28)26-18-27-20-30(23-11-7-4-8-12-23)34-32(27)29(19-26)22-9-5-3-6-10-22/h3-21H,1-2H3. The Labute approximate surface area is 199 Å². The largest absolute Gasteiger partial charge is 0.455 e. The van der Waals surface area contributed by atoms with Crippen LogP contribution in [0.2, 0.25) is 0 Å². The predicted molar refractivity (Wildman–Crippen MR) is 142 cm³/mol. The lowest BCUT2D eigenvalue weighted by molar-refractivity contribution is 0.632. The first kappa shape index (κ1) is 20.4. The highest BCUT2D eigenvalue weighted by Crippen LogP contribution is 2.39. The van der Waals surface area contributed by atoms with Crippen LogP contribution in [0.25, 0.3) is 55.4 Å². The van der Waals surface area contributed by atoms with Crippen LogP contribution < -0.4 is 0 Å². The second kappa shape index (κ2) is 8.31. The molecule has 2 aromatic heterocycles. The number of hydrogen-bond acceptors (Lipinski definition) is 2. The van der Waals surface area contributed by atoms with Crippen LogP contribution in [0, 0.1) is 0 Å². The molecular formula is C32H25NO. The molecule has 164 valence electrons. The van der Waals surface area contributed by atoms with Gasteiger partial charge in [-0.15, -0.1) is 0 Å². The SMILES string of the molecule is CC(C)c1ccc2c(-c3cc(-c4ccccc4)c4oc(-c5ccccc5)cc4c3)nccc2c1. The summed E-state index contributed by atoms with van der Waals surface area (Å²) in [7, 11) is 0. The van der Waals surface area contributed by atoms with Gasteiger partial charge in [0.2, 0.25) is 0 Å². The van der Waals surface area contributed by atoms with Crippen LogP contribution in [0.5, 0.6) is 0 Å². The second-order valence-corrected chi connectivity index (χ2v) is 9.08. The first-order chi connectivity index (χ1) is 16.7. The van der Waals surface area contributed by atoms with E-state index in [9.17, 15) is 0 Å². The van der Waals surface area contributed by atoms with Gasteiger partial charge in [-0.05, 0) is 46.7 Å². The third kappa shape index (κ3) is 3.58. The number of furan rings is 1. The van der Waals surface area contributed by atoms with Crippen molar-refractivity contribution in [2.24, 2.45) is 0 Å². The lowest BCUT2D eigenvalue weighted by atomic mass is 9.95. The van der Waals surface area contributed by atoms with Crippen molar-refractivity contribution in [2.75, 3.05) is 0 Å². The van der Waals surface area contributed by atoms with Gasteiger partial charge in [-0.3, -0.25) is 4.98 Å². The highest BCUT2D eigenvalue weighted by Gasteiger charge is 2.16. The number of pyridine rings is 1. The lowest BCUT2D eigenvalue weighted by Crippen LogP contribution is -1.91. The summed E-state index contributed by atoms with van der Waals surface area (Å²) in [4.78, 5) is 4.83. The molecule has 0 spiro atoms. The summed E-state index contributed by atoms with van der Waals surface area (Å²) in [6.45, 7) is 4.46. The van der Waals surface area contributed by atoms with Gasteiger partial charge in [0, 0.05) is 33.7 Å². The molecule has 0 aliphatic carbocycles. The molecule has 0 atom stereocenters. The number of rotatable bonds is 4. The van der Waals surface area contributed by atoms with Gasteiger partial charge < -0.3 is 4.42 Å². The van der Waals surface area contributed by atoms with E-state index in [0.717, 1.165) is 50.1 Å². The normalized spacial score (nSPS) is 11.5. The fourth-order valence-electron chi connectivity index (χ4n) is 4.65. The zero-order valence-corrected chi connectivity index (χ0v) is 19.3. The molecule has 2 heteroatoms. The minimum absolute atomic E-state index is 0.490. The van der Waals surface area contributed by atoms with Gasteiger partial charge in [-0.1, -0.05) is 92.7 Å². The molecule has 0 unspecified atom stereocenters. The number of hydrogen-bond donors (Lipinski definition) is 0. The van der Waals surface area contributed by atoms with Crippen molar-refractivity contribution in [3.63, 3.8) is 0 Å². The maximum atomic E-state index is 6.44. The molecule has 0 fully saturated rings. The summed E-state index contributed by atoms with van der Waals surface area (Å²) < 4.78 is 6.44. The van der Waals surface area contributed by atoms with Gasteiger partial charge >= 0.3 is 0 Å². The molecule has 34 heavy (non-hydrogen) atoms. The quantitative estimate of drug-likeness (QED) is 0.274. The Bertz CT molecular complexity index is 1610. The van der Waals surface area contributed by atoms with E-state index in [1.54, 1.807) is 0 Å². The zero-order chi connectivity index (χ0) is 23.1. The van der Waals surface area contributed by atoms with Crippen LogP contribution in [0.1, 0.15) is 25.3 Å². The Morgan fingerprint density at radius 1 is 0.647 bits per heavy atom. The Morgan fingerprint density at radius 2 is 1.38 bits per heavy atom. The van der Waals surface area contributed by atoms with E-state index in [0.29, 0.717) is 5.92 Å². The van der Waals surface area contributed by atoms with Gasteiger partial charge in [0.05, 0.1) is 5.69 Å². The van der Waals surface area contributed by atoms with E-state index in [-0.39, 0.29) is 0 Å². The molecule has 0 aliphatic heterocycles. The van der Waals surface area contributed by atoms with Crippen LogP contribution in [-0.4, -0.2) is 4.98 Å². The van der Waals surface area contributed by atoms with Crippen molar-refractivity contribution in [1.82, 2.24) is 4.98 Å². The minimum atomic E-state index is 0.490. The number of aromatic nitrogens is 1. The topological polar surface area (TPSA) is 26.0 Å². The summed E-state index contributed by atoms with van der Waals surface area (Å²) in [5, 5.41) is 3.46. The summed E-state index contributed by atoms with van der Waals surface area (Å²) in [5.74, 6) is 1.36. The van der Waals surface area contributed by atoms with E-state index >= 15 is 0 Å². The maximum absolute atomic E-state index is 6.44. The molecule has 0 N–H and O–H groups in total. The van der Waals surface area contributed by atoms with Crippen LogP contribution in [0.4, 0.5) is 0 Å². The van der Waals surface area contributed by atoms with Gasteiger partial charge in [0.15, 0.2) is 0 Å². The van der Waals surface area contributed by atoms with Crippen molar-refractivity contribution >= 4 is 21.7 Å². The van der Waals surface area contributed by atoms with E-state index in [2.05, 4.69) is 92.7 Å². The molecule has 0 amide bonds. The van der Waals surface area contributed by atoms with Gasteiger partial charge in [0.25, 0.3) is 0 Å². The average Bonchev–Trinajstić information content (AvgIpc) is 3.33. The van der Waals surface area contributed by atoms with E-state index in [1.165, 1.54) is 10.9 Å². The molecule has 0 radical (unpaired) electrons. The number of fused-ring (bicyclic) bond motifs is 2. The highest BCUT2D eigenvalue weighted by atomic mass is 16.3. The first-order valence-corrected chi connectivity index (χ1v) is 11.7. The van der Waals surface area contributed by atoms with Crippen LogP contribution >= 0.6 is 0 Å². The third-order valence-electron chi connectivity index (χ3n) is 6.49. The second-order valence-electron chi connectivity index (χ2n) is 9.08. The summed E-state index contributed by atoms with van der Waals surface area (Å²) >= 11 is 0. The Balaban J connectivity index is 1.60. The Hall–Kier alpha value is -4.17. The van der Waals surface area contributed by atoms with Gasteiger partial charge in [-0.25, -0.2) is 0 Å². The Kier molecular flexibility index (Phi) is 5.00. The Morgan fingerprint density at radius 3 is 2.12 bits per heavy atom. The zero-order valence-electron chi connectivity index (χ0n) is 19.3. The van der Waals surface area contributed by atoms with Crippen LogP contribution in [0.3, 0.4) is 0 Å². The van der Waals surface area contributed by atoms with Crippen molar-refractivity contribution in [2.45, 2.75) is 19.8 Å². The van der Waals surface area contributed by atoms with Gasteiger partial charge in [-0.2, -0.15) is 0 Å². The fourth-order valence-corrected chi connectivity index (χ4v) is 4.65.